The second-order valence-corrected chi connectivity index (χ2v) is 5.85. The highest BCUT2D eigenvalue weighted by atomic mass is 28.3. The fourth-order valence-corrected chi connectivity index (χ4v) is 3.24. The molecule has 0 fully saturated rings. The normalized spacial score (nSPS) is 16.0. The van der Waals surface area contributed by atoms with E-state index < -0.39 is 9.04 Å². The third kappa shape index (κ3) is 6.82. The second kappa shape index (κ2) is 7.77. The highest BCUT2D eigenvalue weighted by Gasteiger charge is 2.08. The zero-order chi connectivity index (χ0) is 9.40. The van der Waals surface area contributed by atoms with Gasteiger partial charge in [-0.2, -0.15) is 0 Å². The van der Waals surface area contributed by atoms with Gasteiger partial charge in [0, 0.05) is 7.11 Å². The molecular formula is C9H22O2Si. The van der Waals surface area contributed by atoms with Gasteiger partial charge in [-0.05, 0) is 18.5 Å². The van der Waals surface area contributed by atoms with Crippen LogP contribution in [0, 0.1) is 5.92 Å². The number of methoxy groups -OCH3 is 1. The van der Waals surface area contributed by atoms with Crippen LogP contribution < -0.4 is 0 Å². The molecule has 0 rings (SSSR count). The third-order valence-corrected chi connectivity index (χ3v) is 4.39. The van der Waals surface area contributed by atoms with Crippen LogP contribution in [0.15, 0.2) is 0 Å². The first kappa shape index (κ1) is 12.1. The Morgan fingerprint density at radius 2 is 2.00 bits per heavy atom. The van der Waals surface area contributed by atoms with Crippen LogP contribution in [-0.2, 0) is 9.16 Å². The van der Waals surface area contributed by atoms with Crippen LogP contribution in [0.5, 0.6) is 0 Å². The molecule has 0 bridgehead atoms. The summed E-state index contributed by atoms with van der Waals surface area (Å²) in [5.41, 5.74) is 0. The molecule has 0 aromatic carbocycles. The summed E-state index contributed by atoms with van der Waals surface area (Å²) in [6.07, 6.45) is 1.27. The molecule has 2 nitrogen and oxygen atoms in total. The smallest absolute Gasteiger partial charge is 0.174 e. The zero-order valence-electron chi connectivity index (χ0n) is 8.80. The molecule has 0 aromatic rings. The van der Waals surface area contributed by atoms with Gasteiger partial charge in [0.15, 0.2) is 9.04 Å². The van der Waals surface area contributed by atoms with Gasteiger partial charge in [-0.3, -0.25) is 0 Å². The van der Waals surface area contributed by atoms with E-state index in [2.05, 4.69) is 20.4 Å². The first-order valence-corrected chi connectivity index (χ1v) is 7.25. The van der Waals surface area contributed by atoms with E-state index in [1.165, 1.54) is 12.5 Å². The number of ether oxygens (including phenoxy) is 1. The van der Waals surface area contributed by atoms with E-state index in [1.807, 2.05) is 0 Å². The number of hydrogen-bond donors (Lipinski definition) is 0. The molecule has 0 N–H and O–H groups in total. The van der Waals surface area contributed by atoms with Gasteiger partial charge in [0.25, 0.3) is 0 Å². The quantitative estimate of drug-likeness (QED) is 0.452. The Hall–Kier alpha value is 0.137. The van der Waals surface area contributed by atoms with Gasteiger partial charge in [-0.15, -0.1) is 0 Å². The van der Waals surface area contributed by atoms with Crippen LogP contribution in [0.2, 0.25) is 12.6 Å². The van der Waals surface area contributed by atoms with Gasteiger partial charge in [-0.1, -0.05) is 20.3 Å². The minimum absolute atomic E-state index is 0.734. The second-order valence-electron chi connectivity index (χ2n) is 3.42. The average Bonchev–Trinajstić information content (AvgIpc) is 2.05. The molecule has 0 amide bonds. The molecule has 0 aliphatic rings. The van der Waals surface area contributed by atoms with E-state index in [4.69, 9.17) is 9.16 Å². The van der Waals surface area contributed by atoms with Crippen molar-refractivity contribution in [3.8, 4) is 0 Å². The topological polar surface area (TPSA) is 18.5 Å². The SMILES string of the molecule is CCC(C)C[SiH](C)OCCOC. The Labute approximate surface area is 78.0 Å². The molecule has 12 heavy (non-hydrogen) atoms. The Bertz CT molecular complexity index is 98.5. The van der Waals surface area contributed by atoms with Gasteiger partial charge >= 0.3 is 0 Å². The van der Waals surface area contributed by atoms with Crippen LogP contribution in [0.3, 0.4) is 0 Å². The van der Waals surface area contributed by atoms with Gasteiger partial charge in [0.2, 0.25) is 0 Å². The molecule has 0 radical (unpaired) electrons. The van der Waals surface area contributed by atoms with Gasteiger partial charge < -0.3 is 9.16 Å². The maximum Gasteiger partial charge on any atom is 0.174 e. The first-order valence-electron chi connectivity index (χ1n) is 4.81. The lowest BCUT2D eigenvalue weighted by atomic mass is 10.2. The highest BCUT2D eigenvalue weighted by molar-refractivity contribution is 6.50. The molecule has 74 valence electrons. The van der Waals surface area contributed by atoms with Gasteiger partial charge in [0.05, 0.1) is 13.2 Å². The van der Waals surface area contributed by atoms with Crippen molar-refractivity contribution in [3.05, 3.63) is 0 Å². The summed E-state index contributed by atoms with van der Waals surface area (Å²) in [6, 6.07) is 1.29. The minimum atomic E-state index is -0.889. The van der Waals surface area contributed by atoms with E-state index >= 15 is 0 Å². The van der Waals surface area contributed by atoms with Crippen molar-refractivity contribution in [1.29, 1.82) is 0 Å². The minimum Gasteiger partial charge on any atom is -0.418 e. The zero-order valence-corrected chi connectivity index (χ0v) is 9.95. The van der Waals surface area contributed by atoms with Gasteiger partial charge in [-0.25, -0.2) is 0 Å². The maximum absolute atomic E-state index is 5.67. The van der Waals surface area contributed by atoms with Crippen molar-refractivity contribution in [2.75, 3.05) is 20.3 Å². The third-order valence-electron chi connectivity index (χ3n) is 2.12. The summed E-state index contributed by atoms with van der Waals surface area (Å²) >= 11 is 0. The Morgan fingerprint density at radius 1 is 1.33 bits per heavy atom. The van der Waals surface area contributed by atoms with Crippen LogP contribution in [0.4, 0.5) is 0 Å². The van der Waals surface area contributed by atoms with Crippen molar-refractivity contribution in [1.82, 2.24) is 0 Å². The molecule has 0 spiro atoms. The number of hydrogen-bond acceptors (Lipinski definition) is 2. The van der Waals surface area contributed by atoms with E-state index in [1.54, 1.807) is 7.11 Å². The number of rotatable bonds is 7. The predicted octanol–water partition coefficient (Wildman–Crippen LogP) is 2.05. The molecule has 0 saturated carbocycles. The average molecular weight is 190 g/mol. The van der Waals surface area contributed by atoms with Crippen LogP contribution >= 0.6 is 0 Å². The first-order chi connectivity index (χ1) is 5.70. The molecule has 0 aliphatic heterocycles. The molecule has 0 aliphatic carbocycles. The lowest BCUT2D eigenvalue weighted by Crippen LogP contribution is -2.19. The fraction of sp³-hybridized carbons (Fsp3) is 1.00. The van der Waals surface area contributed by atoms with Crippen LogP contribution in [-0.4, -0.2) is 29.4 Å². The van der Waals surface area contributed by atoms with E-state index in [-0.39, 0.29) is 0 Å². The van der Waals surface area contributed by atoms with Crippen LogP contribution in [0.1, 0.15) is 20.3 Å². The van der Waals surface area contributed by atoms with Crippen molar-refractivity contribution in [3.63, 3.8) is 0 Å². The monoisotopic (exact) mass is 190 g/mol. The molecule has 2 atom stereocenters. The molecule has 0 aromatic heterocycles. The summed E-state index contributed by atoms with van der Waals surface area (Å²) in [7, 11) is 0.823. The van der Waals surface area contributed by atoms with E-state index in [9.17, 15) is 0 Å². The molecule has 3 heteroatoms. The summed E-state index contributed by atoms with van der Waals surface area (Å²) in [6.45, 7) is 8.31. The van der Waals surface area contributed by atoms with E-state index in [0.29, 0.717) is 0 Å². The van der Waals surface area contributed by atoms with Gasteiger partial charge in [0.1, 0.15) is 0 Å². The lowest BCUT2D eigenvalue weighted by Gasteiger charge is -2.14. The van der Waals surface area contributed by atoms with Crippen molar-refractivity contribution in [2.24, 2.45) is 5.92 Å². The van der Waals surface area contributed by atoms with Crippen molar-refractivity contribution < 1.29 is 9.16 Å². The van der Waals surface area contributed by atoms with Crippen LogP contribution in [0.25, 0.3) is 0 Å². The molecule has 2 unspecified atom stereocenters. The molecule has 0 heterocycles. The summed E-state index contributed by atoms with van der Waals surface area (Å²) in [4.78, 5) is 0. The highest BCUT2D eigenvalue weighted by Crippen LogP contribution is 2.10. The molecule has 0 saturated heterocycles. The largest absolute Gasteiger partial charge is 0.418 e. The van der Waals surface area contributed by atoms with E-state index in [0.717, 1.165) is 19.1 Å². The maximum atomic E-state index is 5.67. The lowest BCUT2D eigenvalue weighted by molar-refractivity contribution is 0.145. The summed E-state index contributed by atoms with van der Waals surface area (Å²) < 4.78 is 10.6. The Balaban J connectivity index is 3.26. The standard InChI is InChI=1S/C9H22O2Si/c1-5-9(2)8-12(4)11-7-6-10-3/h9,12H,5-8H2,1-4H3. The summed E-state index contributed by atoms with van der Waals surface area (Å²) in [5, 5.41) is 0. The Kier molecular flexibility index (Phi) is 7.86. The van der Waals surface area contributed by atoms with Crippen molar-refractivity contribution in [2.45, 2.75) is 32.9 Å². The fourth-order valence-electron chi connectivity index (χ4n) is 1.13. The van der Waals surface area contributed by atoms with Crippen molar-refractivity contribution >= 4 is 9.04 Å². The molecular weight excluding hydrogens is 168 g/mol. The predicted molar refractivity (Wildman–Crippen MR) is 55.1 cm³/mol. The summed E-state index contributed by atoms with van der Waals surface area (Å²) in [5.74, 6) is 0.828. The Morgan fingerprint density at radius 3 is 2.50 bits per heavy atom.